The van der Waals surface area contributed by atoms with E-state index in [0.717, 1.165) is 19.3 Å². The highest BCUT2D eigenvalue weighted by Gasteiger charge is 2.25. The van der Waals surface area contributed by atoms with E-state index in [1.165, 1.54) is 23.3 Å². The first-order valence-electron chi connectivity index (χ1n) is 10.5. The Balaban J connectivity index is 1.38. The number of nitrogens with zero attached hydrogens (tertiary/aromatic N) is 1. The van der Waals surface area contributed by atoms with Crippen LogP contribution in [-0.2, 0) is 16.0 Å². The van der Waals surface area contributed by atoms with Crippen LogP contribution in [0.15, 0.2) is 48.5 Å². The molecule has 1 heterocycles. The Morgan fingerprint density at radius 1 is 1.10 bits per heavy atom. The highest BCUT2D eigenvalue weighted by atomic mass is 16.5. The number of likely N-dealkylation sites (tertiary alicyclic amines) is 1. The third kappa shape index (κ3) is 6.24. The van der Waals surface area contributed by atoms with Crippen molar-refractivity contribution >= 4 is 11.8 Å². The smallest absolute Gasteiger partial charge is 0.260 e. The molecule has 1 saturated heterocycles. The van der Waals surface area contributed by atoms with Crippen molar-refractivity contribution in [3.63, 3.8) is 0 Å². The van der Waals surface area contributed by atoms with E-state index in [2.05, 4.69) is 36.5 Å². The summed E-state index contributed by atoms with van der Waals surface area (Å²) in [5, 5.41) is 12.3. The lowest BCUT2D eigenvalue weighted by atomic mass is 10.0. The molecule has 3 rings (SSSR count). The summed E-state index contributed by atoms with van der Waals surface area (Å²) in [6.45, 7) is 5.07. The molecular weight excluding hydrogens is 380 g/mol. The molecule has 0 aliphatic carbocycles. The molecule has 2 N–H and O–H groups in total. The van der Waals surface area contributed by atoms with Crippen molar-refractivity contribution in [2.45, 2.75) is 51.7 Å². The van der Waals surface area contributed by atoms with Gasteiger partial charge in [0.05, 0.1) is 0 Å². The van der Waals surface area contributed by atoms with E-state index in [1.54, 1.807) is 19.1 Å². The summed E-state index contributed by atoms with van der Waals surface area (Å²) < 4.78 is 5.63. The maximum absolute atomic E-state index is 12.5. The monoisotopic (exact) mass is 410 g/mol. The van der Waals surface area contributed by atoms with Gasteiger partial charge in [-0.25, -0.2) is 0 Å². The van der Waals surface area contributed by atoms with Crippen LogP contribution in [-0.4, -0.2) is 47.1 Å². The average Bonchev–Trinajstić information content (AvgIpc) is 2.75. The summed E-state index contributed by atoms with van der Waals surface area (Å²) in [5.74, 6) is 0.681. The van der Waals surface area contributed by atoms with Gasteiger partial charge in [0, 0.05) is 25.6 Å². The number of aromatic hydroxyl groups is 1. The summed E-state index contributed by atoms with van der Waals surface area (Å²) in [6, 6.07) is 14.6. The number of aryl methyl sites for hydroxylation is 2. The zero-order valence-electron chi connectivity index (χ0n) is 17.6. The van der Waals surface area contributed by atoms with Gasteiger partial charge >= 0.3 is 0 Å². The Morgan fingerprint density at radius 2 is 1.73 bits per heavy atom. The molecule has 0 bridgehead atoms. The quantitative estimate of drug-likeness (QED) is 0.735. The number of phenolic OH excluding ortho intramolecular Hbond substituents is 1. The Labute approximate surface area is 177 Å². The maximum atomic E-state index is 12.5. The van der Waals surface area contributed by atoms with E-state index in [0.29, 0.717) is 25.3 Å². The molecule has 1 atom stereocenters. The van der Waals surface area contributed by atoms with E-state index in [1.807, 2.05) is 4.90 Å². The van der Waals surface area contributed by atoms with Crippen molar-refractivity contribution in [2.24, 2.45) is 0 Å². The van der Waals surface area contributed by atoms with Crippen molar-refractivity contribution in [1.82, 2.24) is 10.2 Å². The van der Waals surface area contributed by atoms with Crippen LogP contribution < -0.4 is 10.1 Å². The van der Waals surface area contributed by atoms with Crippen LogP contribution >= 0.6 is 0 Å². The van der Waals surface area contributed by atoms with Crippen LogP contribution in [0, 0.1) is 6.92 Å². The second kappa shape index (κ2) is 10.1. The lowest BCUT2D eigenvalue weighted by Crippen LogP contribution is -2.49. The number of rotatable bonds is 7. The minimum atomic E-state index is -0.635. The van der Waals surface area contributed by atoms with Gasteiger partial charge in [0.25, 0.3) is 5.91 Å². The molecule has 1 fully saturated rings. The lowest BCUT2D eigenvalue weighted by molar-refractivity contribution is -0.132. The van der Waals surface area contributed by atoms with Crippen LogP contribution in [0.2, 0.25) is 0 Å². The third-order valence-corrected chi connectivity index (χ3v) is 5.46. The van der Waals surface area contributed by atoms with Gasteiger partial charge in [-0.1, -0.05) is 29.8 Å². The van der Waals surface area contributed by atoms with Gasteiger partial charge < -0.3 is 20.1 Å². The van der Waals surface area contributed by atoms with Crippen LogP contribution in [0.5, 0.6) is 11.5 Å². The van der Waals surface area contributed by atoms with E-state index in [9.17, 15) is 14.7 Å². The fraction of sp³-hybridized carbons (Fsp3) is 0.417. The Hall–Kier alpha value is -3.02. The SMILES string of the molecule is Cc1ccc(CCC(=O)N2CCC(NC(=O)C(C)Oc3ccc(O)cc3)CC2)cc1. The summed E-state index contributed by atoms with van der Waals surface area (Å²) >= 11 is 0. The fourth-order valence-corrected chi connectivity index (χ4v) is 3.54. The minimum Gasteiger partial charge on any atom is -0.508 e. The maximum Gasteiger partial charge on any atom is 0.260 e. The molecule has 1 aliphatic rings. The highest BCUT2D eigenvalue weighted by Crippen LogP contribution is 2.18. The largest absolute Gasteiger partial charge is 0.508 e. The molecule has 0 spiro atoms. The number of hydrogen-bond acceptors (Lipinski definition) is 4. The van der Waals surface area contributed by atoms with Gasteiger partial charge in [0.1, 0.15) is 11.5 Å². The molecule has 2 amide bonds. The van der Waals surface area contributed by atoms with Crippen LogP contribution in [0.1, 0.15) is 37.3 Å². The Bertz CT molecular complexity index is 841. The molecule has 6 nitrogen and oxygen atoms in total. The van der Waals surface area contributed by atoms with Crippen molar-refractivity contribution in [3.05, 3.63) is 59.7 Å². The first-order chi connectivity index (χ1) is 14.4. The van der Waals surface area contributed by atoms with Crippen molar-refractivity contribution in [2.75, 3.05) is 13.1 Å². The number of carbonyl (C=O) groups excluding carboxylic acids is 2. The third-order valence-electron chi connectivity index (χ3n) is 5.46. The van der Waals surface area contributed by atoms with Gasteiger partial charge in [0.15, 0.2) is 6.10 Å². The zero-order valence-corrected chi connectivity index (χ0v) is 17.6. The molecule has 160 valence electrons. The number of ether oxygens (including phenoxy) is 1. The van der Waals surface area contributed by atoms with Gasteiger partial charge in [-0.15, -0.1) is 0 Å². The number of benzene rings is 2. The lowest BCUT2D eigenvalue weighted by Gasteiger charge is -2.33. The molecule has 1 unspecified atom stereocenters. The first kappa shape index (κ1) is 21.7. The predicted molar refractivity (Wildman–Crippen MR) is 115 cm³/mol. The standard InChI is InChI=1S/C24H30N2O4/c1-17-3-5-19(6-4-17)7-12-23(28)26-15-13-20(14-16-26)25-24(29)18(2)30-22-10-8-21(27)9-11-22/h3-6,8-11,18,20,27H,7,12-16H2,1-2H3,(H,25,29). The van der Waals surface area contributed by atoms with Crippen molar-refractivity contribution < 1.29 is 19.4 Å². The van der Waals surface area contributed by atoms with Crippen molar-refractivity contribution in [1.29, 1.82) is 0 Å². The number of hydrogen-bond donors (Lipinski definition) is 2. The zero-order chi connectivity index (χ0) is 21.5. The minimum absolute atomic E-state index is 0.0458. The van der Waals surface area contributed by atoms with Crippen LogP contribution in [0.25, 0.3) is 0 Å². The molecule has 6 heteroatoms. The van der Waals surface area contributed by atoms with E-state index in [-0.39, 0.29) is 23.6 Å². The van der Waals surface area contributed by atoms with Crippen LogP contribution in [0.3, 0.4) is 0 Å². The molecule has 0 saturated carbocycles. The molecular formula is C24H30N2O4. The Morgan fingerprint density at radius 3 is 2.37 bits per heavy atom. The van der Waals surface area contributed by atoms with E-state index < -0.39 is 6.10 Å². The Kier molecular flexibility index (Phi) is 7.33. The summed E-state index contributed by atoms with van der Waals surface area (Å²) in [6.07, 6.45) is 2.12. The normalized spacial score (nSPS) is 15.5. The van der Waals surface area contributed by atoms with E-state index >= 15 is 0 Å². The number of nitrogens with one attached hydrogen (secondary N) is 1. The molecule has 2 aromatic carbocycles. The van der Waals surface area contributed by atoms with Gasteiger partial charge in [-0.05, 0) is 62.9 Å². The van der Waals surface area contributed by atoms with E-state index in [4.69, 9.17) is 4.74 Å². The topological polar surface area (TPSA) is 78.9 Å². The second-order valence-electron chi connectivity index (χ2n) is 7.90. The summed E-state index contributed by atoms with van der Waals surface area (Å²) in [7, 11) is 0. The molecule has 2 aromatic rings. The first-order valence-corrected chi connectivity index (χ1v) is 10.5. The predicted octanol–water partition coefficient (Wildman–Crippen LogP) is 3.21. The highest BCUT2D eigenvalue weighted by molar-refractivity contribution is 5.81. The van der Waals surface area contributed by atoms with Gasteiger partial charge in [0.2, 0.25) is 5.91 Å². The number of amides is 2. The summed E-state index contributed by atoms with van der Waals surface area (Å²) in [4.78, 5) is 26.8. The molecule has 1 aliphatic heterocycles. The average molecular weight is 411 g/mol. The number of piperidine rings is 1. The number of carbonyl (C=O) groups is 2. The molecule has 0 radical (unpaired) electrons. The van der Waals surface area contributed by atoms with Crippen molar-refractivity contribution in [3.8, 4) is 11.5 Å². The second-order valence-corrected chi connectivity index (χ2v) is 7.90. The fourth-order valence-electron chi connectivity index (χ4n) is 3.54. The number of phenols is 1. The summed E-state index contributed by atoms with van der Waals surface area (Å²) in [5.41, 5.74) is 2.40. The van der Waals surface area contributed by atoms with Crippen LogP contribution in [0.4, 0.5) is 0 Å². The molecule has 30 heavy (non-hydrogen) atoms. The van der Waals surface area contributed by atoms with Gasteiger partial charge in [-0.2, -0.15) is 0 Å². The molecule has 0 aromatic heterocycles. The van der Waals surface area contributed by atoms with Gasteiger partial charge in [-0.3, -0.25) is 9.59 Å².